The summed E-state index contributed by atoms with van der Waals surface area (Å²) in [5.74, 6) is -1.09. The van der Waals surface area contributed by atoms with E-state index in [1.54, 1.807) is 36.4 Å². The predicted octanol–water partition coefficient (Wildman–Crippen LogP) is 6.65. The third-order valence-corrected chi connectivity index (χ3v) is 5.56. The second-order valence-electron chi connectivity index (χ2n) is 8.70. The Morgan fingerprint density at radius 2 is 1.35 bits per heavy atom. The van der Waals surface area contributed by atoms with Crippen LogP contribution in [-0.2, 0) is 14.3 Å². The van der Waals surface area contributed by atoms with E-state index in [9.17, 15) is 14.4 Å². The van der Waals surface area contributed by atoms with E-state index >= 15 is 0 Å². The van der Waals surface area contributed by atoms with Gasteiger partial charge in [0.25, 0.3) is 5.91 Å². The molecular weight excluding hydrogens is 428 g/mol. The second kappa shape index (κ2) is 15.6. The Kier molecular flexibility index (Phi) is 12.5. The van der Waals surface area contributed by atoms with Gasteiger partial charge in [-0.25, -0.2) is 4.79 Å². The summed E-state index contributed by atoms with van der Waals surface area (Å²) in [5, 5.41) is 5.52. The summed E-state index contributed by atoms with van der Waals surface area (Å²) in [6.07, 6.45) is 11.3. The lowest BCUT2D eigenvalue weighted by atomic mass is 10.1. The topological polar surface area (TPSA) is 84.5 Å². The van der Waals surface area contributed by atoms with Gasteiger partial charge in [0.1, 0.15) is 0 Å². The van der Waals surface area contributed by atoms with Crippen molar-refractivity contribution in [1.29, 1.82) is 0 Å². The van der Waals surface area contributed by atoms with Crippen LogP contribution in [0.4, 0.5) is 11.4 Å². The quantitative estimate of drug-likeness (QED) is 0.227. The molecular formula is C28H38N2O4. The minimum atomic E-state index is -0.617. The molecule has 0 heterocycles. The molecule has 0 bridgehead atoms. The number of esters is 1. The minimum absolute atomic E-state index is 0.0639. The van der Waals surface area contributed by atoms with Gasteiger partial charge in [0.15, 0.2) is 6.61 Å². The molecule has 0 aliphatic rings. The van der Waals surface area contributed by atoms with Gasteiger partial charge in [0.05, 0.1) is 5.56 Å². The molecule has 0 atom stereocenters. The highest BCUT2D eigenvalue weighted by Crippen LogP contribution is 2.14. The molecule has 2 amide bonds. The van der Waals surface area contributed by atoms with Crippen LogP contribution in [0.3, 0.4) is 0 Å². The smallest absolute Gasteiger partial charge is 0.338 e. The first kappa shape index (κ1) is 27.1. The summed E-state index contributed by atoms with van der Waals surface area (Å²) in [5.41, 5.74) is 2.55. The maximum absolute atomic E-state index is 12.3. The molecule has 184 valence electrons. The minimum Gasteiger partial charge on any atom is -0.452 e. The monoisotopic (exact) mass is 466 g/mol. The highest BCUT2D eigenvalue weighted by Gasteiger charge is 2.12. The average Bonchev–Trinajstić information content (AvgIpc) is 2.83. The largest absolute Gasteiger partial charge is 0.452 e. The van der Waals surface area contributed by atoms with E-state index in [-0.39, 0.29) is 18.1 Å². The van der Waals surface area contributed by atoms with Gasteiger partial charge in [-0.3, -0.25) is 9.59 Å². The van der Waals surface area contributed by atoms with E-state index in [1.807, 2.05) is 19.1 Å². The van der Waals surface area contributed by atoms with Crippen LogP contribution in [0, 0.1) is 6.92 Å². The van der Waals surface area contributed by atoms with Crippen LogP contribution in [0.2, 0.25) is 0 Å². The van der Waals surface area contributed by atoms with Crippen molar-refractivity contribution < 1.29 is 19.1 Å². The number of hydrogen-bond donors (Lipinski definition) is 2. The Balaban J connectivity index is 1.66. The van der Waals surface area contributed by atoms with Gasteiger partial charge in [-0.1, -0.05) is 82.1 Å². The Morgan fingerprint density at radius 3 is 2.03 bits per heavy atom. The zero-order valence-corrected chi connectivity index (χ0v) is 20.5. The van der Waals surface area contributed by atoms with E-state index in [0.717, 1.165) is 24.8 Å². The molecule has 0 aliphatic carbocycles. The van der Waals surface area contributed by atoms with Gasteiger partial charge in [-0.2, -0.15) is 0 Å². The van der Waals surface area contributed by atoms with Gasteiger partial charge >= 0.3 is 5.97 Å². The molecule has 0 radical (unpaired) electrons. The Morgan fingerprint density at radius 1 is 0.735 bits per heavy atom. The molecule has 6 heteroatoms. The van der Waals surface area contributed by atoms with Crippen LogP contribution in [0.15, 0.2) is 48.5 Å². The Bertz CT molecular complexity index is 909. The summed E-state index contributed by atoms with van der Waals surface area (Å²) < 4.78 is 5.12. The molecule has 2 rings (SSSR count). The highest BCUT2D eigenvalue weighted by molar-refractivity contribution is 5.97. The number of unbranched alkanes of at least 4 members (excludes halogenated alkanes) is 8. The fraction of sp³-hybridized carbons (Fsp3) is 0.464. The van der Waals surface area contributed by atoms with Crippen molar-refractivity contribution in [3.8, 4) is 0 Å². The average molecular weight is 467 g/mol. The van der Waals surface area contributed by atoms with Gasteiger partial charge in [-0.15, -0.1) is 0 Å². The number of carbonyl (C=O) groups excluding carboxylic acids is 3. The molecule has 6 nitrogen and oxygen atoms in total. The van der Waals surface area contributed by atoms with Crippen molar-refractivity contribution in [3.63, 3.8) is 0 Å². The van der Waals surface area contributed by atoms with Gasteiger partial charge in [0.2, 0.25) is 5.91 Å². The highest BCUT2D eigenvalue weighted by atomic mass is 16.5. The number of benzene rings is 2. The maximum atomic E-state index is 12.3. The van der Waals surface area contributed by atoms with Crippen LogP contribution >= 0.6 is 0 Å². The second-order valence-corrected chi connectivity index (χ2v) is 8.70. The SMILES string of the molecule is CCCCCCCCCCCC(=O)Nc1cccc(C(=O)OCC(=O)Nc2ccc(C)cc2)c1. The Hall–Kier alpha value is -3.15. The predicted molar refractivity (Wildman–Crippen MR) is 137 cm³/mol. The van der Waals surface area contributed by atoms with E-state index in [1.165, 1.54) is 38.5 Å². The molecule has 2 aromatic rings. The number of rotatable bonds is 15. The lowest BCUT2D eigenvalue weighted by molar-refractivity contribution is -0.119. The van der Waals surface area contributed by atoms with Crippen molar-refractivity contribution >= 4 is 29.2 Å². The summed E-state index contributed by atoms with van der Waals surface area (Å²) in [7, 11) is 0. The van der Waals surface area contributed by atoms with Crippen molar-refractivity contribution in [3.05, 3.63) is 59.7 Å². The summed E-state index contributed by atoms with van der Waals surface area (Å²) in [6, 6.07) is 13.9. The van der Waals surface area contributed by atoms with E-state index < -0.39 is 11.9 Å². The molecule has 34 heavy (non-hydrogen) atoms. The number of anilines is 2. The molecule has 0 unspecified atom stereocenters. The molecule has 2 N–H and O–H groups in total. The summed E-state index contributed by atoms with van der Waals surface area (Å²) in [4.78, 5) is 36.6. The lowest BCUT2D eigenvalue weighted by Crippen LogP contribution is -2.21. The third-order valence-electron chi connectivity index (χ3n) is 5.56. The standard InChI is InChI=1S/C28H38N2O4/c1-3-4-5-6-7-8-9-10-11-15-26(31)30-25-14-12-13-23(20-25)28(33)34-21-27(32)29-24-18-16-22(2)17-19-24/h12-14,16-20H,3-11,15,21H2,1-2H3,(H,29,32)(H,30,31). The first-order chi connectivity index (χ1) is 16.5. The number of carbonyl (C=O) groups is 3. The lowest BCUT2D eigenvalue weighted by Gasteiger charge is -2.09. The summed E-state index contributed by atoms with van der Waals surface area (Å²) >= 11 is 0. The fourth-order valence-corrected chi connectivity index (χ4v) is 3.59. The molecule has 0 aromatic heterocycles. The van der Waals surface area contributed by atoms with Crippen molar-refractivity contribution in [1.82, 2.24) is 0 Å². The fourth-order valence-electron chi connectivity index (χ4n) is 3.59. The van der Waals surface area contributed by atoms with Crippen molar-refractivity contribution in [2.75, 3.05) is 17.2 Å². The first-order valence-corrected chi connectivity index (χ1v) is 12.4. The van der Waals surface area contributed by atoms with Gasteiger partial charge in [-0.05, 0) is 43.7 Å². The molecule has 0 aliphatic heterocycles. The normalized spacial score (nSPS) is 10.5. The number of hydrogen-bond acceptors (Lipinski definition) is 4. The van der Waals surface area contributed by atoms with Crippen LogP contribution in [0.1, 0.15) is 87.1 Å². The molecule has 0 spiro atoms. The number of aryl methyl sites for hydroxylation is 1. The van der Waals surface area contributed by atoms with E-state index in [4.69, 9.17) is 4.74 Å². The van der Waals surface area contributed by atoms with Crippen molar-refractivity contribution in [2.45, 2.75) is 78.1 Å². The van der Waals surface area contributed by atoms with Crippen LogP contribution in [0.25, 0.3) is 0 Å². The van der Waals surface area contributed by atoms with Gasteiger partial charge < -0.3 is 15.4 Å². The first-order valence-electron chi connectivity index (χ1n) is 12.4. The van der Waals surface area contributed by atoms with E-state index in [2.05, 4.69) is 17.6 Å². The third kappa shape index (κ3) is 11.1. The Labute approximate surface area is 203 Å². The number of ether oxygens (including phenoxy) is 1. The molecule has 0 saturated carbocycles. The van der Waals surface area contributed by atoms with Gasteiger partial charge in [0, 0.05) is 17.8 Å². The molecule has 0 saturated heterocycles. The number of nitrogens with one attached hydrogen (secondary N) is 2. The summed E-state index contributed by atoms with van der Waals surface area (Å²) in [6.45, 7) is 3.80. The molecule has 0 fully saturated rings. The van der Waals surface area contributed by atoms with Crippen LogP contribution in [-0.4, -0.2) is 24.4 Å². The zero-order valence-electron chi connectivity index (χ0n) is 20.5. The molecule has 2 aromatic carbocycles. The maximum Gasteiger partial charge on any atom is 0.338 e. The van der Waals surface area contributed by atoms with E-state index in [0.29, 0.717) is 17.8 Å². The van der Waals surface area contributed by atoms with Crippen molar-refractivity contribution in [2.24, 2.45) is 0 Å². The van der Waals surface area contributed by atoms with Crippen LogP contribution < -0.4 is 10.6 Å². The number of amides is 2. The zero-order chi connectivity index (χ0) is 24.6. The van der Waals surface area contributed by atoms with Crippen LogP contribution in [0.5, 0.6) is 0 Å².